The Morgan fingerprint density at radius 3 is 2.60 bits per heavy atom. The van der Waals surface area contributed by atoms with Gasteiger partial charge in [-0.25, -0.2) is 19.0 Å². The molecule has 25 heavy (non-hydrogen) atoms. The number of benzene rings is 2. The average molecular weight is 352 g/mol. The van der Waals surface area contributed by atoms with Gasteiger partial charge in [0.1, 0.15) is 12.1 Å². The molecule has 0 atom stereocenters. The summed E-state index contributed by atoms with van der Waals surface area (Å²) in [6.07, 6.45) is 3.32. The van der Waals surface area contributed by atoms with Gasteiger partial charge in [-0.2, -0.15) is 0 Å². The zero-order valence-electron chi connectivity index (χ0n) is 13.0. The van der Waals surface area contributed by atoms with Crippen LogP contribution in [0.1, 0.15) is 5.89 Å². The van der Waals surface area contributed by atoms with E-state index in [1.54, 1.807) is 29.3 Å². The third kappa shape index (κ3) is 3.61. The van der Waals surface area contributed by atoms with E-state index >= 15 is 0 Å². The van der Waals surface area contributed by atoms with Crippen molar-refractivity contribution in [2.24, 2.45) is 0 Å². The lowest BCUT2D eigenvalue weighted by atomic mass is 10.2. The van der Waals surface area contributed by atoms with E-state index in [1.807, 2.05) is 30.3 Å². The Bertz CT molecular complexity index is 966. The topological polar surface area (TPSA) is 56.7 Å². The van der Waals surface area contributed by atoms with Gasteiger partial charge in [-0.15, -0.1) is 5.10 Å². The van der Waals surface area contributed by atoms with E-state index in [0.717, 1.165) is 11.3 Å². The van der Waals surface area contributed by atoms with Crippen LogP contribution in [0.3, 0.4) is 0 Å². The van der Waals surface area contributed by atoms with Gasteiger partial charge < -0.3 is 4.42 Å². The van der Waals surface area contributed by atoms with E-state index < -0.39 is 0 Å². The van der Waals surface area contributed by atoms with Crippen LogP contribution in [0.4, 0.5) is 4.39 Å². The van der Waals surface area contributed by atoms with Crippen molar-refractivity contribution in [3.05, 3.63) is 78.8 Å². The second-order valence-corrected chi connectivity index (χ2v) is 6.16. The number of rotatable bonds is 5. The smallest absolute Gasteiger partial charge is 0.209 e. The quantitative estimate of drug-likeness (QED) is 0.500. The van der Waals surface area contributed by atoms with Crippen LogP contribution in [0, 0.1) is 5.82 Å². The fourth-order valence-electron chi connectivity index (χ4n) is 2.27. The number of thioether (sulfide) groups is 1. The van der Waals surface area contributed by atoms with Crippen molar-refractivity contribution in [3.8, 4) is 17.0 Å². The molecule has 0 bridgehead atoms. The average Bonchev–Trinajstić information content (AvgIpc) is 3.31. The van der Waals surface area contributed by atoms with Crippen LogP contribution in [-0.4, -0.2) is 19.7 Å². The fourth-order valence-corrected chi connectivity index (χ4v) is 2.92. The Balaban J connectivity index is 1.42. The molecule has 0 aliphatic rings. The predicted molar refractivity (Wildman–Crippen MR) is 92.8 cm³/mol. The van der Waals surface area contributed by atoms with Crippen LogP contribution >= 0.6 is 11.8 Å². The number of hydrogen-bond acceptors (Lipinski definition) is 5. The molecule has 0 amide bonds. The first-order chi connectivity index (χ1) is 12.3. The number of aromatic nitrogens is 4. The summed E-state index contributed by atoms with van der Waals surface area (Å²) >= 11 is 1.44. The summed E-state index contributed by atoms with van der Waals surface area (Å²) in [6, 6.07) is 15.9. The Hall–Kier alpha value is -2.93. The maximum absolute atomic E-state index is 13.0. The zero-order valence-corrected chi connectivity index (χ0v) is 13.9. The summed E-state index contributed by atoms with van der Waals surface area (Å²) in [6.45, 7) is 0. The molecular weight excluding hydrogens is 339 g/mol. The molecule has 0 radical (unpaired) electrons. The molecule has 7 heteroatoms. The summed E-state index contributed by atoms with van der Waals surface area (Å²) in [4.78, 5) is 8.54. The number of oxazole rings is 1. The summed E-state index contributed by atoms with van der Waals surface area (Å²) in [5, 5.41) is 5.07. The molecule has 0 aliphatic heterocycles. The summed E-state index contributed by atoms with van der Waals surface area (Å²) in [7, 11) is 0. The van der Waals surface area contributed by atoms with Crippen LogP contribution in [-0.2, 0) is 5.75 Å². The highest BCUT2D eigenvalue weighted by Gasteiger charge is 2.09. The molecule has 4 rings (SSSR count). The molecule has 0 spiro atoms. The monoisotopic (exact) mass is 352 g/mol. The fraction of sp³-hybridized carbons (Fsp3) is 0.0556. The van der Waals surface area contributed by atoms with Crippen molar-refractivity contribution in [2.45, 2.75) is 10.9 Å². The third-order valence-corrected chi connectivity index (χ3v) is 4.34. The minimum atomic E-state index is -0.279. The Morgan fingerprint density at radius 1 is 1.00 bits per heavy atom. The molecular formula is C18H13FN4OS. The molecule has 2 aromatic heterocycles. The van der Waals surface area contributed by atoms with Crippen LogP contribution in [0.2, 0.25) is 0 Å². The normalized spacial score (nSPS) is 10.9. The predicted octanol–water partition coefficient (Wildman–Crippen LogP) is 4.35. The first-order valence-corrected chi connectivity index (χ1v) is 8.57. The second-order valence-electron chi connectivity index (χ2n) is 5.22. The highest BCUT2D eigenvalue weighted by molar-refractivity contribution is 7.98. The Kier molecular flexibility index (Phi) is 4.30. The van der Waals surface area contributed by atoms with Gasteiger partial charge in [0.2, 0.25) is 11.0 Å². The van der Waals surface area contributed by atoms with Crippen molar-refractivity contribution < 1.29 is 8.81 Å². The van der Waals surface area contributed by atoms with E-state index in [4.69, 9.17) is 4.42 Å². The first kappa shape index (κ1) is 15.6. The molecule has 0 N–H and O–H groups in total. The number of para-hydroxylation sites is 1. The molecule has 0 aliphatic carbocycles. The number of hydrogen-bond donors (Lipinski definition) is 0. The number of halogens is 1. The molecule has 0 fully saturated rings. The summed E-state index contributed by atoms with van der Waals surface area (Å²) in [5.41, 5.74) is 1.74. The van der Waals surface area contributed by atoms with Crippen LogP contribution in [0.15, 0.2) is 76.7 Å². The van der Waals surface area contributed by atoms with E-state index in [-0.39, 0.29) is 5.82 Å². The maximum atomic E-state index is 13.0. The molecule has 0 unspecified atom stereocenters. The van der Waals surface area contributed by atoms with Gasteiger partial charge in [0.25, 0.3) is 0 Å². The third-order valence-electron chi connectivity index (χ3n) is 3.50. The van der Waals surface area contributed by atoms with Crippen LogP contribution < -0.4 is 0 Å². The van der Waals surface area contributed by atoms with E-state index in [0.29, 0.717) is 22.6 Å². The minimum Gasteiger partial charge on any atom is -0.440 e. The maximum Gasteiger partial charge on any atom is 0.209 e. The Morgan fingerprint density at radius 2 is 1.80 bits per heavy atom. The molecule has 124 valence electrons. The van der Waals surface area contributed by atoms with Gasteiger partial charge in [-0.1, -0.05) is 30.0 Å². The molecule has 0 saturated heterocycles. The second kappa shape index (κ2) is 6.90. The van der Waals surface area contributed by atoms with Crippen LogP contribution in [0.25, 0.3) is 17.0 Å². The lowest BCUT2D eigenvalue weighted by Gasteiger charge is -1.98. The van der Waals surface area contributed by atoms with Gasteiger partial charge in [-0.05, 0) is 36.4 Å². The van der Waals surface area contributed by atoms with Gasteiger partial charge in [-0.3, -0.25) is 0 Å². The summed E-state index contributed by atoms with van der Waals surface area (Å²) < 4.78 is 20.4. The number of nitrogens with zero attached hydrogens (tertiary/aromatic N) is 4. The first-order valence-electron chi connectivity index (χ1n) is 7.58. The van der Waals surface area contributed by atoms with E-state index in [9.17, 15) is 4.39 Å². The molecule has 2 heterocycles. The van der Waals surface area contributed by atoms with Gasteiger partial charge >= 0.3 is 0 Å². The lowest BCUT2D eigenvalue weighted by Crippen LogP contribution is -1.93. The molecule has 2 aromatic carbocycles. The van der Waals surface area contributed by atoms with Gasteiger partial charge in [0.05, 0.1) is 17.6 Å². The van der Waals surface area contributed by atoms with E-state index in [1.165, 1.54) is 23.9 Å². The zero-order chi connectivity index (χ0) is 17.1. The van der Waals surface area contributed by atoms with Crippen LogP contribution in [0.5, 0.6) is 0 Å². The Labute approximate surface area is 147 Å². The van der Waals surface area contributed by atoms with Gasteiger partial charge in [0.15, 0.2) is 5.76 Å². The summed E-state index contributed by atoms with van der Waals surface area (Å²) in [5.74, 6) is 1.41. The lowest BCUT2D eigenvalue weighted by molar-refractivity contribution is 0.529. The van der Waals surface area contributed by atoms with Gasteiger partial charge in [0, 0.05) is 5.56 Å². The van der Waals surface area contributed by atoms with Crippen molar-refractivity contribution >= 4 is 11.8 Å². The SMILES string of the molecule is Fc1ccc(-c2cnc(CSc3ncn(-c4ccccc4)n3)o2)cc1. The molecule has 5 nitrogen and oxygen atoms in total. The standard InChI is InChI=1S/C18H13FN4OS/c19-14-8-6-13(7-9-14)16-10-20-17(24-16)11-25-18-21-12-23(22-18)15-4-2-1-3-5-15/h1-10,12H,11H2. The molecule has 4 aromatic rings. The van der Waals surface area contributed by atoms with Crippen molar-refractivity contribution in [3.63, 3.8) is 0 Å². The largest absolute Gasteiger partial charge is 0.440 e. The minimum absolute atomic E-state index is 0.279. The highest BCUT2D eigenvalue weighted by Crippen LogP contribution is 2.24. The van der Waals surface area contributed by atoms with Crippen molar-refractivity contribution in [1.29, 1.82) is 0 Å². The molecule has 0 saturated carbocycles. The van der Waals surface area contributed by atoms with E-state index in [2.05, 4.69) is 15.1 Å². The highest BCUT2D eigenvalue weighted by atomic mass is 32.2. The van der Waals surface area contributed by atoms with Crippen molar-refractivity contribution in [2.75, 3.05) is 0 Å². The van der Waals surface area contributed by atoms with Crippen molar-refractivity contribution in [1.82, 2.24) is 19.7 Å².